The highest BCUT2D eigenvalue weighted by molar-refractivity contribution is 7.99. The van der Waals surface area contributed by atoms with Crippen molar-refractivity contribution in [2.45, 2.75) is 148 Å². The van der Waals surface area contributed by atoms with Crippen LogP contribution in [0.25, 0.3) is 0 Å². The lowest BCUT2D eigenvalue weighted by atomic mass is 10.0. The van der Waals surface area contributed by atoms with Crippen molar-refractivity contribution in [2.24, 2.45) is 0 Å². The Morgan fingerprint density at radius 3 is 1.87 bits per heavy atom. The van der Waals surface area contributed by atoms with Crippen molar-refractivity contribution in [3.63, 3.8) is 0 Å². The van der Waals surface area contributed by atoms with E-state index in [2.05, 4.69) is 19.2 Å². The van der Waals surface area contributed by atoms with E-state index in [4.69, 9.17) is 4.74 Å². The van der Waals surface area contributed by atoms with Crippen molar-refractivity contribution in [3.8, 4) is 11.5 Å². The van der Waals surface area contributed by atoms with Crippen LogP contribution in [0.4, 0.5) is 0 Å². The van der Waals surface area contributed by atoms with Crippen LogP contribution in [-0.2, 0) is 9.59 Å². The first kappa shape index (κ1) is 35.3. The lowest BCUT2D eigenvalue weighted by Gasteiger charge is -2.14. The molecule has 0 aliphatic heterocycles. The van der Waals surface area contributed by atoms with Gasteiger partial charge in [0.15, 0.2) is 0 Å². The Bertz CT molecular complexity index is 725. The largest absolute Gasteiger partial charge is 0.508 e. The van der Waals surface area contributed by atoms with Crippen LogP contribution >= 0.6 is 11.8 Å². The Labute approximate surface area is 243 Å². The average Bonchev–Trinajstić information content (AvgIpc) is 2.93. The highest BCUT2D eigenvalue weighted by atomic mass is 32.2. The minimum absolute atomic E-state index is 0.154. The van der Waals surface area contributed by atoms with E-state index in [-0.39, 0.29) is 17.6 Å². The summed E-state index contributed by atoms with van der Waals surface area (Å²) in [5, 5.41) is 12.4. The van der Waals surface area contributed by atoms with E-state index in [1.54, 1.807) is 24.3 Å². The minimum atomic E-state index is -0.177. The topological polar surface area (TPSA) is 75.6 Å². The number of rotatable bonds is 26. The molecule has 0 fully saturated rings. The van der Waals surface area contributed by atoms with E-state index in [1.165, 1.54) is 89.9 Å². The molecule has 0 saturated carbocycles. The van der Waals surface area contributed by atoms with Crippen molar-refractivity contribution < 1.29 is 19.4 Å². The van der Waals surface area contributed by atoms with Crippen LogP contribution in [-0.4, -0.2) is 34.5 Å². The monoisotopic (exact) mass is 563 g/mol. The number of phenols is 1. The molecule has 0 spiro atoms. The number of aromatic hydroxyl groups is 1. The van der Waals surface area contributed by atoms with Crippen LogP contribution in [0, 0.1) is 0 Å². The van der Waals surface area contributed by atoms with Gasteiger partial charge in [-0.1, -0.05) is 97.3 Å². The number of hydrogen-bond donors (Lipinski definition) is 2. The number of thioether (sulfide) groups is 1. The summed E-state index contributed by atoms with van der Waals surface area (Å²) in [6.45, 7) is 5.08. The minimum Gasteiger partial charge on any atom is -0.508 e. The van der Waals surface area contributed by atoms with Crippen molar-refractivity contribution in [2.75, 3.05) is 12.4 Å². The number of carbonyl (C=O) groups excluding carboxylic acids is 2. The predicted octanol–water partition coefficient (Wildman–Crippen LogP) is 9.36. The van der Waals surface area contributed by atoms with Crippen molar-refractivity contribution in [1.29, 1.82) is 0 Å². The molecule has 0 aromatic heterocycles. The first-order valence-electron chi connectivity index (χ1n) is 15.9. The quantitative estimate of drug-likeness (QED) is 0.110. The summed E-state index contributed by atoms with van der Waals surface area (Å²) in [6.07, 6.45) is 23.6. The Kier molecular flexibility index (Phi) is 22.9. The molecule has 2 N–H and O–H groups in total. The third-order valence-electron chi connectivity index (χ3n) is 7.20. The number of ether oxygens (including phenoxy) is 1. The van der Waals surface area contributed by atoms with E-state index >= 15 is 0 Å². The number of hydrogen-bond acceptors (Lipinski definition) is 5. The Balaban J connectivity index is 1.92. The molecule has 224 valence electrons. The molecular weight excluding hydrogens is 506 g/mol. The van der Waals surface area contributed by atoms with Crippen molar-refractivity contribution in [3.05, 3.63) is 24.3 Å². The summed E-state index contributed by atoms with van der Waals surface area (Å²) in [6, 6.07) is 6.65. The maximum absolute atomic E-state index is 12.1. The van der Waals surface area contributed by atoms with Gasteiger partial charge in [-0.15, -0.1) is 0 Å². The fourth-order valence-electron chi connectivity index (χ4n) is 4.69. The van der Waals surface area contributed by atoms with Gasteiger partial charge in [0.1, 0.15) is 11.5 Å². The Hall–Kier alpha value is -1.69. The summed E-state index contributed by atoms with van der Waals surface area (Å²) in [4.78, 5) is 24.2. The molecule has 6 heteroatoms. The van der Waals surface area contributed by atoms with Crippen molar-refractivity contribution in [1.82, 2.24) is 5.32 Å². The Morgan fingerprint density at radius 1 is 0.744 bits per heavy atom. The molecule has 0 saturated heterocycles. The van der Waals surface area contributed by atoms with Crippen LogP contribution in [0.2, 0.25) is 0 Å². The maximum Gasteiger partial charge on any atom is 0.227 e. The van der Waals surface area contributed by atoms with Gasteiger partial charge in [-0.05, 0) is 56.4 Å². The first-order valence-corrected chi connectivity index (χ1v) is 17.0. The molecule has 1 atom stereocenters. The number of carbonyl (C=O) groups is 2. The van der Waals surface area contributed by atoms with Gasteiger partial charge in [-0.2, -0.15) is 11.8 Å². The highest BCUT2D eigenvalue weighted by Crippen LogP contribution is 2.22. The summed E-state index contributed by atoms with van der Waals surface area (Å²) in [5.74, 6) is 1.40. The third-order valence-corrected chi connectivity index (χ3v) is 8.68. The second-order valence-corrected chi connectivity index (χ2v) is 12.2. The van der Waals surface area contributed by atoms with Gasteiger partial charge in [-0.25, -0.2) is 0 Å². The number of nitrogens with one attached hydrogen (secondary N) is 1. The van der Waals surface area contributed by atoms with E-state index in [9.17, 15) is 14.7 Å². The predicted molar refractivity (Wildman–Crippen MR) is 167 cm³/mol. The number of imide groups is 1. The van der Waals surface area contributed by atoms with Gasteiger partial charge in [0.25, 0.3) is 0 Å². The van der Waals surface area contributed by atoms with Crippen LogP contribution in [0.1, 0.15) is 142 Å². The second-order valence-electron chi connectivity index (χ2n) is 10.8. The van der Waals surface area contributed by atoms with Gasteiger partial charge in [0, 0.05) is 23.8 Å². The molecule has 1 unspecified atom stereocenters. The number of unbranched alkanes of at least 4 members (excludes halogenated alkanes) is 14. The van der Waals surface area contributed by atoms with Crippen LogP contribution in [0.3, 0.4) is 0 Å². The zero-order valence-corrected chi connectivity index (χ0v) is 25.8. The smallest absolute Gasteiger partial charge is 0.227 e. The summed E-state index contributed by atoms with van der Waals surface area (Å²) in [5.41, 5.74) is 0. The zero-order chi connectivity index (χ0) is 28.4. The lowest BCUT2D eigenvalue weighted by molar-refractivity contribution is -0.130. The van der Waals surface area contributed by atoms with Gasteiger partial charge >= 0.3 is 0 Å². The average molecular weight is 564 g/mol. The van der Waals surface area contributed by atoms with E-state index in [1.807, 2.05) is 11.8 Å². The second kappa shape index (κ2) is 25.3. The lowest BCUT2D eigenvalue weighted by Crippen LogP contribution is -2.30. The van der Waals surface area contributed by atoms with Crippen LogP contribution in [0.5, 0.6) is 11.5 Å². The fraction of sp³-hybridized carbons (Fsp3) is 0.758. The van der Waals surface area contributed by atoms with Crippen molar-refractivity contribution >= 4 is 23.6 Å². The molecule has 0 aliphatic carbocycles. The van der Waals surface area contributed by atoms with Gasteiger partial charge < -0.3 is 9.84 Å². The molecule has 5 nitrogen and oxygen atoms in total. The van der Waals surface area contributed by atoms with E-state index in [0.29, 0.717) is 24.7 Å². The molecule has 0 radical (unpaired) electrons. The normalized spacial score (nSPS) is 11.8. The zero-order valence-electron chi connectivity index (χ0n) is 25.0. The molecule has 1 aromatic rings. The fourth-order valence-corrected chi connectivity index (χ4v) is 5.90. The van der Waals surface area contributed by atoms with Crippen LogP contribution in [0.15, 0.2) is 24.3 Å². The number of benzene rings is 1. The molecule has 2 amide bonds. The van der Waals surface area contributed by atoms with Crippen LogP contribution < -0.4 is 10.1 Å². The molecule has 1 rings (SSSR count). The molecular formula is C33H57NO4S. The van der Waals surface area contributed by atoms with Gasteiger partial charge in [0.2, 0.25) is 11.8 Å². The third kappa shape index (κ3) is 21.8. The summed E-state index contributed by atoms with van der Waals surface area (Å²) < 4.78 is 5.61. The Morgan fingerprint density at radius 2 is 1.28 bits per heavy atom. The molecule has 0 heterocycles. The summed E-state index contributed by atoms with van der Waals surface area (Å²) in [7, 11) is 0. The SMILES string of the molecule is CCCCCCCCCCCCCCCC(CC)SCCC(=O)NC(=O)CCCCCOc1ccc(O)cc1. The first-order chi connectivity index (χ1) is 19.0. The van der Waals surface area contributed by atoms with Gasteiger partial charge in [-0.3, -0.25) is 14.9 Å². The summed E-state index contributed by atoms with van der Waals surface area (Å²) >= 11 is 1.89. The molecule has 1 aromatic carbocycles. The van der Waals surface area contributed by atoms with E-state index < -0.39 is 0 Å². The highest BCUT2D eigenvalue weighted by Gasteiger charge is 2.11. The number of phenolic OH excluding ortho intramolecular Hbond substituents is 1. The van der Waals surface area contributed by atoms with Gasteiger partial charge in [0.05, 0.1) is 6.61 Å². The van der Waals surface area contributed by atoms with E-state index in [0.717, 1.165) is 37.2 Å². The number of amides is 2. The maximum atomic E-state index is 12.1. The molecule has 0 bridgehead atoms. The molecule has 0 aliphatic rings. The molecule has 39 heavy (non-hydrogen) atoms. The standard InChI is InChI=1S/C33H57NO4S/c1-3-5-6-7-8-9-10-11-12-13-14-15-17-20-31(4-2)39-28-26-33(37)34-32(36)21-18-16-19-27-38-30-24-22-29(35)23-25-30/h22-25,31,35H,3-21,26-28H2,1-2H3,(H,34,36,37).